The van der Waals surface area contributed by atoms with E-state index in [4.69, 9.17) is 4.74 Å². The molecular formula is C21H29N5O2S. The first kappa shape index (κ1) is 20.4. The van der Waals surface area contributed by atoms with Gasteiger partial charge < -0.3 is 9.64 Å². The van der Waals surface area contributed by atoms with Crippen LogP contribution in [0, 0.1) is 0 Å². The predicted octanol–water partition coefficient (Wildman–Crippen LogP) is 2.59. The van der Waals surface area contributed by atoms with Crippen LogP contribution < -0.4 is 0 Å². The lowest BCUT2D eigenvalue weighted by Gasteiger charge is -2.29. The van der Waals surface area contributed by atoms with E-state index in [1.165, 1.54) is 31.0 Å². The third kappa shape index (κ3) is 4.99. The number of rotatable bonds is 6. The fraction of sp³-hybridized carbons (Fsp3) is 0.571. The van der Waals surface area contributed by atoms with Gasteiger partial charge in [0.2, 0.25) is 5.91 Å². The van der Waals surface area contributed by atoms with Crippen molar-refractivity contribution in [2.24, 2.45) is 0 Å². The van der Waals surface area contributed by atoms with Crippen LogP contribution in [0.3, 0.4) is 0 Å². The second kappa shape index (κ2) is 9.73. The lowest BCUT2D eigenvalue weighted by molar-refractivity contribution is -0.134. The minimum absolute atomic E-state index is 0.137. The molecule has 0 saturated carbocycles. The molecule has 0 radical (unpaired) electrons. The number of carbonyl (C=O) groups is 1. The van der Waals surface area contributed by atoms with Gasteiger partial charge in [-0.15, -0.1) is 10.2 Å². The highest BCUT2D eigenvalue weighted by molar-refractivity contribution is 8.00. The van der Waals surface area contributed by atoms with Crippen molar-refractivity contribution in [2.75, 3.05) is 39.4 Å². The normalized spacial score (nSPS) is 19.3. The molecule has 2 aliphatic rings. The number of aromatic nitrogens is 3. The zero-order valence-electron chi connectivity index (χ0n) is 17.0. The Morgan fingerprint density at radius 1 is 1.07 bits per heavy atom. The molecule has 0 spiro atoms. The topological polar surface area (TPSA) is 63.5 Å². The summed E-state index contributed by atoms with van der Waals surface area (Å²) in [5.41, 5.74) is 1.04. The molecule has 0 N–H and O–H groups in total. The van der Waals surface area contributed by atoms with Crippen molar-refractivity contribution >= 4 is 17.7 Å². The van der Waals surface area contributed by atoms with E-state index < -0.39 is 0 Å². The van der Waals surface area contributed by atoms with Gasteiger partial charge in [0.05, 0.1) is 25.0 Å². The van der Waals surface area contributed by atoms with Crippen molar-refractivity contribution in [1.29, 1.82) is 0 Å². The summed E-state index contributed by atoms with van der Waals surface area (Å²) in [5, 5.41) is 9.55. The molecule has 8 heteroatoms. The van der Waals surface area contributed by atoms with Crippen LogP contribution >= 0.6 is 11.8 Å². The van der Waals surface area contributed by atoms with Gasteiger partial charge in [0.15, 0.2) is 11.0 Å². The van der Waals surface area contributed by atoms with Gasteiger partial charge in [0.25, 0.3) is 0 Å². The minimum Gasteiger partial charge on any atom is -0.378 e. The molecule has 3 heterocycles. The molecule has 156 valence electrons. The van der Waals surface area contributed by atoms with Crippen LogP contribution in [0.5, 0.6) is 0 Å². The maximum atomic E-state index is 12.9. The second-order valence-corrected chi connectivity index (χ2v) is 8.91. The molecule has 0 bridgehead atoms. The number of morpholine rings is 1. The first-order valence-electron chi connectivity index (χ1n) is 10.5. The second-order valence-electron chi connectivity index (χ2n) is 7.60. The predicted molar refractivity (Wildman–Crippen MR) is 113 cm³/mol. The largest absolute Gasteiger partial charge is 0.378 e. The van der Waals surface area contributed by atoms with E-state index >= 15 is 0 Å². The minimum atomic E-state index is -0.220. The van der Waals surface area contributed by atoms with E-state index in [1.54, 1.807) is 0 Å². The molecule has 2 fully saturated rings. The Hall–Kier alpha value is -1.90. The standard InChI is InChI=1S/C21H29N5O2S/c1-17(20(27)25-12-14-28-15-13-25)29-21-23-22-19(16-24-10-6-3-7-11-24)26(21)18-8-4-2-5-9-18/h2,4-5,8-9,17H,3,6-7,10-16H2,1H3. The summed E-state index contributed by atoms with van der Waals surface area (Å²) in [4.78, 5) is 17.2. The van der Waals surface area contributed by atoms with Crippen molar-refractivity contribution < 1.29 is 9.53 Å². The Balaban J connectivity index is 1.54. The molecule has 2 aromatic rings. The van der Waals surface area contributed by atoms with E-state index in [9.17, 15) is 4.79 Å². The molecule has 2 aliphatic heterocycles. The molecule has 1 aromatic carbocycles. The lowest BCUT2D eigenvalue weighted by Crippen LogP contribution is -2.44. The number of benzene rings is 1. The van der Waals surface area contributed by atoms with Crippen LogP contribution in [0.1, 0.15) is 32.0 Å². The molecule has 7 nitrogen and oxygen atoms in total. The van der Waals surface area contributed by atoms with Gasteiger partial charge in [-0.1, -0.05) is 36.4 Å². The van der Waals surface area contributed by atoms with Crippen LogP contribution in [-0.4, -0.2) is 75.1 Å². The lowest BCUT2D eigenvalue weighted by atomic mass is 10.1. The first-order valence-corrected chi connectivity index (χ1v) is 11.4. The number of amides is 1. The number of nitrogens with zero attached hydrogens (tertiary/aromatic N) is 5. The Morgan fingerprint density at radius 2 is 1.79 bits per heavy atom. The SMILES string of the molecule is CC(Sc1nnc(CN2CCCCC2)n1-c1ccccc1)C(=O)N1CCOCC1. The van der Waals surface area contributed by atoms with Crippen molar-refractivity contribution in [3.63, 3.8) is 0 Å². The average molecular weight is 416 g/mol. The highest BCUT2D eigenvalue weighted by atomic mass is 32.2. The van der Waals surface area contributed by atoms with E-state index in [-0.39, 0.29) is 11.2 Å². The number of piperidine rings is 1. The molecule has 0 aliphatic carbocycles. The smallest absolute Gasteiger partial charge is 0.236 e. The number of para-hydroxylation sites is 1. The molecule has 1 aromatic heterocycles. The summed E-state index contributed by atoms with van der Waals surface area (Å²) in [6.07, 6.45) is 3.79. The Kier molecular flexibility index (Phi) is 6.84. The summed E-state index contributed by atoms with van der Waals surface area (Å²) >= 11 is 1.49. The van der Waals surface area contributed by atoms with Crippen molar-refractivity contribution in [3.8, 4) is 5.69 Å². The van der Waals surface area contributed by atoms with Crippen LogP contribution in [0.4, 0.5) is 0 Å². The molecule has 1 unspecified atom stereocenters. The summed E-state index contributed by atoms with van der Waals surface area (Å²) in [6.45, 7) is 7.51. The maximum Gasteiger partial charge on any atom is 0.236 e. The molecule has 1 atom stereocenters. The van der Waals surface area contributed by atoms with Gasteiger partial charge in [-0.3, -0.25) is 14.3 Å². The average Bonchev–Trinajstić information content (AvgIpc) is 3.17. The zero-order chi connectivity index (χ0) is 20.1. The maximum absolute atomic E-state index is 12.9. The Morgan fingerprint density at radius 3 is 2.52 bits per heavy atom. The van der Waals surface area contributed by atoms with Gasteiger partial charge in [-0.05, 0) is 45.0 Å². The third-order valence-electron chi connectivity index (χ3n) is 5.48. The number of thioether (sulfide) groups is 1. The van der Waals surface area contributed by atoms with Crippen LogP contribution in [0.25, 0.3) is 5.69 Å². The number of carbonyl (C=O) groups excluding carboxylic acids is 1. The van der Waals surface area contributed by atoms with Gasteiger partial charge in [0, 0.05) is 18.8 Å². The number of hydrogen-bond acceptors (Lipinski definition) is 6. The van der Waals surface area contributed by atoms with Crippen molar-refractivity contribution in [2.45, 2.75) is 43.1 Å². The van der Waals surface area contributed by atoms with Crippen LogP contribution in [0.2, 0.25) is 0 Å². The van der Waals surface area contributed by atoms with Gasteiger partial charge in [-0.25, -0.2) is 0 Å². The summed E-state index contributed by atoms with van der Waals surface area (Å²) in [7, 11) is 0. The highest BCUT2D eigenvalue weighted by Gasteiger charge is 2.26. The summed E-state index contributed by atoms with van der Waals surface area (Å²) in [6, 6.07) is 10.2. The van der Waals surface area contributed by atoms with E-state index in [0.717, 1.165) is 36.3 Å². The van der Waals surface area contributed by atoms with Crippen LogP contribution in [-0.2, 0) is 16.1 Å². The van der Waals surface area contributed by atoms with Crippen LogP contribution in [0.15, 0.2) is 35.5 Å². The molecule has 1 amide bonds. The molecule has 29 heavy (non-hydrogen) atoms. The zero-order valence-corrected chi connectivity index (χ0v) is 17.8. The Bertz CT molecular complexity index is 801. The third-order valence-corrected chi connectivity index (χ3v) is 6.51. The van der Waals surface area contributed by atoms with E-state index in [1.807, 2.05) is 30.0 Å². The number of hydrogen-bond donors (Lipinski definition) is 0. The fourth-order valence-electron chi connectivity index (χ4n) is 3.88. The van der Waals surface area contributed by atoms with E-state index in [2.05, 4.69) is 31.8 Å². The van der Waals surface area contributed by atoms with Crippen molar-refractivity contribution in [3.05, 3.63) is 36.2 Å². The quantitative estimate of drug-likeness (QED) is 0.676. The van der Waals surface area contributed by atoms with Crippen molar-refractivity contribution in [1.82, 2.24) is 24.6 Å². The molecule has 2 saturated heterocycles. The summed E-state index contributed by atoms with van der Waals surface area (Å²) < 4.78 is 7.48. The highest BCUT2D eigenvalue weighted by Crippen LogP contribution is 2.27. The van der Waals surface area contributed by atoms with Gasteiger partial charge in [-0.2, -0.15) is 0 Å². The monoisotopic (exact) mass is 415 g/mol. The number of ether oxygens (including phenoxy) is 1. The summed E-state index contributed by atoms with van der Waals surface area (Å²) in [5.74, 6) is 1.07. The van der Waals surface area contributed by atoms with E-state index in [0.29, 0.717) is 26.3 Å². The Labute approximate surface area is 176 Å². The molecule has 4 rings (SSSR count). The van der Waals surface area contributed by atoms with Gasteiger partial charge >= 0.3 is 0 Å². The first-order chi connectivity index (χ1) is 14.2. The molecular weight excluding hydrogens is 386 g/mol. The fourth-order valence-corrected chi connectivity index (χ4v) is 4.85. The van der Waals surface area contributed by atoms with Gasteiger partial charge in [0.1, 0.15) is 0 Å². The number of likely N-dealkylation sites (tertiary alicyclic amines) is 1.